The van der Waals surface area contributed by atoms with Gasteiger partial charge in [-0.15, -0.1) is 0 Å². The van der Waals surface area contributed by atoms with Gasteiger partial charge in [0, 0.05) is 17.8 Å². The Morgan fingerprint density at radius 1 is 1.04 bits per heavy atom. The summed E-state index contributed by atoms with van der Waals surface area (Å²) in [6.45, 7) is 7.35. The summed E-state index contributed by atoms with van der Waals surface area (Å²) in [5, 5.41) is 7.45. The predicted octanol–water partition coefficient (Wildman–Crippen LogP) is 3.79. The van der Waals surface area contributed by atoms with Gasteiger partial charge in [-0.1, -0.05) is 36.4 Å². The molecule has 0 saturated heterocycles. The van der Waals surface area contributed by atoms with Crippen LogP contribution in [0.25, 0.3) is 0 Å². The van der Waals surface area contributed by atoms with Crippen molar-refractivity contribution >= 4 is 5.91 Å². The van der Waals surface area contributed by atoms with Gasteiger partial charge in [0.1, 0.15) is 0 Å². The molecule has 0 fully saturated rings. The standard InChI is InChI=1S/C21H23N3O/c1-15-6-4-5-7-20(15)13-22-21(25)19-10-8-18(9-11-19)14-24-17(3)12-16(2)23-24/h4-12H,13-14H2,1-3H3,(H,22,25). The quantitative estimate of drug-likeness (QED) is 0.772. The molecular weight excluding hydrogens is 310 g/mol. The van der Waals surface area contributed by atoms with Gasteiger partial charge in [-0.25, -0.2) is 0 Å². The number of rotatable bonds is 5. The van der Waals surface area contributed by atoms with Gasteiger partial charge < -0.3 is 5.32 Å². The molecule has 128 valence electrons. The van der Waals surface area contributed by atoms with Crippen molar-refractivity contribution in [2.75, 3.05) is 0 Å². The number of hydrogen-bond donors (Lipinski definition) is 1. The van der Waals surface area contributed by atoms with E-state index < -0.39 is 0 Å². The fourth-order valence-corrected chi connectivity index (χ4v) is 2.86. The van der Waals surface area contributed by atoms with Crippen LogP contribution in [0.15, 0.2) is 54.6 Å². The van der Waals surface area contributed by atoms with Crippen molar-refractivity contribution in [2.45, 2.75) is 33.9 Å². The number of amides is 1. The first-order valence-electron chi connectivity index (χ1n) is 8.45. The van der Waals surface area contributed by atoms with Gasteiger partial charge in [-0.05, 0) is 55.7 Å². The van der Waals surface area contributed by atoms with Crippen molar-refractivity contribution < 1.29 is 4.79 Å². The van der Waals surface area contributed by atoms with E-state index in [0.717, 1.165) is 22.5 Å². The summed E-state index contributed by atoms with van der Waals surface area (Å²) >= 11 is 0. The third-order valence-electron chi connectivity index (χ3n) is 4.35. The molecular formula is C21H23N3O. The van der Waals surface area contributed by atoms with Crippen LogP contribution in [-0.2, 0) is 13.1 Å². The molecule has 0 unspecified atom stereocenters. The molecule has 0 bridgehead atoms. The third-order valence-corrected chi connectivity index (χ3v) is 4.35. The minimum absolute atomic E-state index is 0.0547. The summed E-state index contributed by atoms with van der Waals surface area (Å²) in [6.07, 6.45) is 0. The fourth-order valence-electron chi connectivity index (χ4n) is 2.86. The van der Waals surface area contributed by atoms with Gasteiger partial charge in [-0.3, -0.25) is 9.48 Å². The second-order valence-electron chi connectivity index (χ2n) is 6.39. The largest absolute Gasteiger partial charge is 0.348 e. The highest BCUT2D eigenvalue weighted by Gasteiger charge is 2.07. The SMILES string of the molecule is Cc1cc(C)n(Cc2ccc(C(=O)NCc3ccccc3C)cc2)n1. The first-order chi connectivity index (χ1) is 12.0. The Hall–Kier alpha value is -2.88. The van der Waals surface area contributed by atoms with Gasteiger partial charge in [0.15, 0.2) is 0 Å². The lowest BCUT2D eigenvalue weighted by atomic mass is 10.1. The Bertz CT molecular complexity index is 878. The highest BCUT2D eigenvalue weighted by atomic mass is 16.1. The molecule has 0 aliphatic rings. The van der Waals surface area contributed by atoms with E-state index in [1.807, 2.05) is 61.0 Å². The molecule has 0 aliphatic carbocycles. The molecule has 1 aromatic heterocycles. The highest BCUT2D eigenvalue weighted by Crippen LogP contribution is 2.10. The van der Waals surface area contributed by atoms with Gasteiger partial charge in [-0.2, -0.15) is 5.10 Å². The topological polar surface area (TPSA) is 46.9 Å². The third kappa shape index (κ3) is 4.15. The Labute approximate surface area is 148 Å². The lowest BCUT2D eigenvalue weighted by molar-refractivity contribution is 0.0951. The first-order valence-corrected chi connectivity index (χ1v) is 8.45. The molecule has 0 radical (unpaired) electrons. The molecule has 0 spiro atoms. The minimum atomic E-state index is -0.0547. The molecule has 4 nitrogen and oxygen atoms in total. The zero-order valence-electron chi connectivity index (χ0n) is 14.9. The summed E-state index contributed by atoms with van der Waals surface area (Å²) in [5.41, 5.74) is 6.27. The average molecular weight is 333 g/mol. The van der Waals surface area contributed by atoms with Crippen LogP contribution in [0.1, 0.15) is 38.4 Å². The summed E-state index contributed by atoms with van der Waals surface area (Å²) in [6, 6.07) is 17.8. The maximum absolute atomic E-state index is 12.3. The van der Waals surface area contributed by atoms with Crippen molar-refractivity contribution in [3.63, 3.8) is 0 Å². The van der Waals surface area contributed by atoms with Crippen LogP contribution in [0.3, 0.4) is 0 Å². The number of benzene rings is 2. The number of carbonyl (C=O) groups is 1. The van der Waals surface area contributed by atoms with E-state index in [1.165, 1.54) is 5.56 Å². The maximum atomic E-state index is 12.3. The van der Waals surface area contributed by atoms with Crippen LogP contribution in [-0.4, -0.2) is 15.7 Å². The molecule has 0 saturated carbocycles. The van der Waals surface area contributed by atoms with Crippen LogP contribution in [0, 0.1) is 20.8 Å². The Morgan fingerprint density at radius 2 is 1.76 bits per heavy atom. The van der Waals surface area contributed by atoms with Crippen LogP contribution in [0.2, 0.25) is 0 Å². The molecule has 0 aliphatic heterocycles. The van der Waals surface area contributed by atoms with Gasteiger partial charge >= 0.3 is 0 Å². The number of carbonyl (C=O) groups excluding carboxylic acids is 1. The molecule has 25 heavy (non-hydrogen) atoms. The van der Waals surface area contributed by atoms with Crippen molar-refractivity contribution in [2.24, 2.45) is 0 Å². The lowest BCUT2D eigenvalue weighted by Gasteiger charge is -2.09. The Balaban J connectivity index is 1.62. The summed E-state index contributed by atoms with van der Waals surface area (Å²) in [5.74, 6) is -0.0547. The molecule has 3 rings (SSSR count). The zero-order chi connectivity index (χ0) is 17.8. The van der Waals surface area contributed by atoms with Crippen LogP contribution in [0.5, 0.6) is 0 Å². The summed E-state index contributed by atoms with van der Waals surface area (Å²) < 4.78 is 1.97. The second kappa shape index (κ2) is 7.34. The second-order valence-corrected chi connectivity index (χ2v) is 6.39. The van der Waals surface area contributed by atoms with Crippen molar-refractivity contribution in [1.82, 2.24) is 15.1 Å². The predicted molar refractivity (Wildman–Crippen MR) is 99.6 cm³/mol. The van der Waals surface area contributed by atoms with E-state index in [4.69, 9.17) is 0 Å². The summed E-state index contributed by atoms with van der Waals surface area (Å²) in [4.78, 5) is 12.3. The Kier molecular flexibility index (Phi) is 4.98. The van der Waals surface area contributed by atoms with Gasteiger partial charge in [0.25, 0.3) is 5.91 Å². The van der Waals surface area contributed by atoms with Crippen molar-refractivity contribution in [1.29, 1.82) is 0 Å². The van der Waals surface area contributed by atoms with Gasteiger partial charge in [0.2, 0.25) is 0 Å². The van der Waals surface area contributed by atoms with Crippen LogP contribution >= 0.6 is 0 Å². The van der Waals surface area contributed by atoms with Crippen molar-refractivity contribution in [3.05, 3.63) is 88.2 Å². The van der Waals surface area contributed by atoms with Crippen molar-refractivity contribution in [3.8, 4) is 0 Å². The van der Waals surface area contributed by atoms with Crippen LogP contribution in [0.4, 0.5) is 0 Å². The molecule has 1 N–H and O–H groups in total. The monoisotopic (exact) mass is 333 g/mol. The highest BCUT2D eigenvalue weighted by molar-refractivity contribution is 5.94. The molecule has 1 heterocycles. The number of nitrogens with one attached hydrogen (secondary N) is 1. The summed E-state index contributed by atoms with van der Waals surface area (Å²) in [7, 11) is 0. The molecule has 1 amide bonds. The molecule has 2 aromatic carbocycles. The van der Waals surface area contributed by atoms with E-state index in [1.54, 1.807) is 0 Å². The zero-order valence-corrected chi connectivity index (χ0v) is 14.9. The Morgan fingerprint density at radius 3 is 2.40 bits per heavy atom. The maximum Gasteiger partial charge on any atom is 0.251 e. The van der Waals surface area contributed by atoms with E-state index in [0.29, 0.717) is 18.7 Å². The van der Waals surface area contributed by atoms with Gasteiger partial charge in [0.05, 0.1) is 12.2 Å². The number of aromatic nitrogens is 2. The number of aryl methyl sites for hydroxylation is 3. The molecule has 3 aromatic rings. The van der Waals surface area contributed by atoms with E-state index >= 15 is 0 Å². The lowest BCUT2D eigenvalue weighted by Crippen LogP contribution is -2.23. The molecule has 4 heteroatoms. The number of nitrogens with zero attached hydrogens (tertiary/aromatic N) is 2. The van der Waals surface area contributed by atoms with Crippen LogP contribution < -0.4 is 5.32 Å². The fraction of sp³-hybridized carbons (Fsp3) is 0.238. The smallest absolute Gasteiger partial charge is 0.251 e. The average Bonchev–Trinajstić information content (AvgIpc) is 2.92. The van der Waals surface area contributed by atoms with E-state index in [9.17, 15) is 4.79 Å². The number of hydrogen-bond acceptors (Lipinski definition) is 2. The van der Waals surface area contributed by atoms with E-state index in [-0.39, 0.29) is 5.91 Å². The molecule has 0 atom stereocenters. The minimum Gasteiger partial charge on any atom is -0.348 e. The first kappa shape index (κ1) is 17.0. The normalized spacial score (nSPS) is 10.7. The van der Waals surface area contributed by atoms with E-state index in [2.05, 4.69) is 29.5 Å².